The SMILES string of the molecule is O=C(NC1CCCc2sccc21)c1ccc(O)cc1F. The second kappa shape index (κ2) is 5.25. The molecule has 3 nitrogen and oxygen atoms in total. The summed E-state index contributed by atoms with van der Waals surface area (Å²) in [5.74, 6) is -1.33. The van der Waals surface area contributed by atoms with Gasteiger partial charge in [0.15, 0.2) is 0 Å². The maximum atomic E-state index is 13.7. The van der Waals surface area contributed by atoms with Crippen LogP contribution in [0.15, 0.2) is 29.6 Å². The van der Waals surface area contributed by atoms with E-state index in [2.05, 4.69) is 5.32 Å². The first kappa shape index (κ1) is 13.1. The summed E-state index contributed by atoms with van der Waals surface area (Å²) >= 11 is 1.70. The Balaban J connectivity index is 1.81. The zero-order valence-corrected chi connectivity index (χ0v) is 11.5. The Kier molecular flexibility index (Phi) is 3.44. The lowest BCUT2D eigenvalue weighted by atomic mass is 9.94. The highest BCUT2D eigenvalue weighted by molar-refractivity contribution is 7.10. The highest BCUT2D eigenvalue weighted by Gasteiger charge is 2.24. The number of fused-ring (bicyclic) bond motifs is 1. The number of rotatable bonds is 2. The van der Waals surface area contributed by atoms with Gasteiger partial charge in [0, 0.05) is 10.9 Å². The van der Waals surface area contributed by atoms with E-state index in [0.29, 0.717) is 0 Å². The van der Waals surface area contributed by atoms with E-state index in [4.69, 9.17) is 0 Å². The number of carbonyl (C=O) groups excluding carboxylic acids is 1. The summed E-state index contributed by atoms with van der Waals surface area (Å²) in [4.78, 5) is 13.4. The van der Waals surface area contributed by atoms with Crippen LogP contribution in [0.2, 0.25) is 0 Å². The Morgan fingerprint density at radius 1 is 1.40 bits per heavy atom. The largest absolute Gasteiger partial charge is 0.508 e. The van der Waals surface area contributed by atoms with Crippen molar-refractivity contribution < 1.29 is 14.3 Å². The van der Waals surface area contributed by atoms with Gasteiger partial charge in [0.05, 0.1) is 11.6 Å². The van der Waals surface area contributed by atoms with E-state index in [1.807, 2.05) is 11.4 Å². The van der Waals surface area contributed by atoms with Gasteiger partial charge in [-0.1, -0.05) is 0 Å². The number of aryl methyl sites for hydroxylation is 1. The third-order valence-electron chi connectivity index (χ3n) is 3.55. The van der Waals surface area contributed by atoms with Crippen LogP contribution in [-0.2, 0) is 6.42 Å². The van der Waals surface area contributed by atoms with Crippen molar-refractivity contribution >= 4 is 17.2 Å². The van der Waals surface area contributed by atoms with Crippen LogP contribution in [0.5, 0.6) is 5.75 Å². The molecule has 0 spiro atoms. The number of aromatic hydroxyl groups is 1. The minimum absolute atomic E-state index is 0.0369. The molecule has 1 heterocycles. The Hall–Kier alpha value is -1.88. The first-order valence-corrected chi connectivity index (χ1v) is 7.39. The molecule has 1 atom stereocenters. The maximum Gasteiger partial charge on any atom is 0.254 e. The van der Waals surface area contributed by atoms with E-state index >= 15 is 0 Å². The average molecular weight is 291 g/mol. The van der Waals surface area contributed by atoms with Crippen LogP contribution < -0.4 is 5.32 Å². The highest BCUT2D eigenvalue weighted by atomic mass is 32.1. The van der Waals surface area contributed by atoms with Gasteiger partial charge >= 0.3 is 0 Å². The van der Waals surface area contributed by atoms with E-state index in [1.165, 1.54) is 17.0 Å². The van der Waals surface area contributed by atoms with Crippen molar-refractivity contribution in [3.8, 4) is 5.75 Å². The van der Waals surface area contributed by atoms with Gasteiger partial charge in [-0.3, -0.25) is 4.79 Å². The third-order valence-corrected chi connectivity index (χ3v) is 4.55. The molecule has 1 aliphatic rings. The summed E-state index contributed by atoms with van der Waals surface area (Å²) in [6.45, 7) is 0. The smallest absolute Gasteiger partial charge is 0.254 e. The summed E-state index contributed by atoms with van der Waals surface area (Å²) in [5.41, 5.74) is 1.11. The maximum absolute atomic E-state index is 13.7. The standard InChI is InChI=1S/C15H14FNO2S/c16-12-8-9(18)4-5-10(12)15(19)17-13-2-1-3-14-11(13)6-7-20-14/h4-8,13,18H,1-3H2,(H,17,19). The summed E-state index contributed by atoms with van der Waals surface area (Å²) in [7, 11) is 0. The number of nitrogens with one attached hydrogen (secondary N) is 1. The van der Waals surface area contributed by atoms with E-state index in [9.17, 15) is 14.3 Å². The second-order valence-electron chi connectivity index (χ2n) is 4.88. The second-order valence-corrected chi connectivity index (χ2v) is 5.88. The molecule has 20 heavy (non-hydrogen) atoms. The van der Waals surface area contributed by atoms with Crippen LogP contribution in [-0.4, -0.2) is 11.0 Å². The first-order valence-electron chi connectivity index (χ1n) is 6.51. The Morgan fingerprint density at radius 3 is 3.05 bits per heavy atom. The molecule has 0 aliphatic heterocycles. The van der Waals surface area contributed by atoms with E-state index in [0.717, 1.165) is 30.9 Å². The van der Waals surface area contributed by atoms with Crippen molar-refractivity contribution in [1.29, 1.82) is 0 Å². The van der Waals surface area contributed by atoms with E-state index in [-0.39, 0.29) is 17.4 Å². The van der Waals surface area contributed by atoms with Crippen LogP contribution in [0.1, 0.15) is 39.7 Å². The number of amides is 1. The van der Waals surface area contributed by atoms with Gasteiger partial charge in [-0.25, -0.2) is 4.39 Å². The summed E-state index contributed by atoms with van der Waals surface area (Å²) in [6.07, 6.45) is 2.94. The fourth-order valence-corrected chi connectivity index (χ4v) is 3.55. The number of hydrogen-bond acceptors (Lipinski definition) is 3. The molecule has 1 amide bonds. The fourth-order valence-electron chi connectivity index (χ4n) is 2.56. The number of phenolic OH excluding ortho intramolecular Hbond substituents is 1. The van der Waals surface area contributed by atoms with E-state index in [1.54, 1.807) is 11.3 Å². The zero-order chi connectivity index (χ0) is 14.1. The normalized spacial score (nSPS) is 17.6. The lowest BCUT2D eigenvalue weighted by molar-refractivity contribution is 0.0929. The Bertz CT molecular complexity index is 653. The monoisotopic (exact) mass is 291 g/mol. The molecule has 1 unspecified atom stereocenters. The van der Waals surface area contributed by atoms with Crippen LogP contribution in [0.4, 0.5) is 4.39 Å². The van der Waals surface area contributed by atoms with Gasteiger partial charge in [-0.2, -0.15) is 0 Å². The fraction of sp³-hybridized carbons (Fsp3) is 0.267. The number of hydrogen-bond donors (Lipinski definition) is 2. The van der Waals surface area contributed by atoms with Crippen LogP contribution in [0, 0.1) is 5.82 Å². The molecule has 0 bridgehead atoms. The Labute approximate surface area is 120 Å². The van der Waals surface area contributed by atoms with Crippen molar-refractivity contribution in [2.24, 2.45) is 0 Å². The topological polar surface area (TPSA) is 49.3 Å². The molecule has 0 fully saturated rings. The predicted molar refractivity (Wildman–Crippen MR) is 75.5 cm³/mol. The lowest BCUT2D eigenvalue weighted by Crippen LogP contribution is -2.30. The lowest BCUT2D eigenvalue weighted by Gasteiger charge is -2.23. The van der Waals surface area contributed by atoms with Crippen molar-refractivity contribution in [2.45, 2.75) is 25.3 Å². The molecule has 0 saturated heterocycles. The number of phenols is 1. The minimum Gasteiger partial charge on any atom is -0.508 e. The Morgan fingerprint density at radius 2 is 2.25 bits per heavy atom. The van der Waals surface area contributed by atoms with Gasteiger partial charge in [0.1, 0.15) is 11.6 Å². The number of thiophene rings is 1. The van der Waals surface area contributed by atoms with Gasteiger partial charge < -0.3 is 10.4 Å². The molecule has 1 aromatic heterocycles. The van der Waals surface area contributed by atoms with Crippen molar-refractivity contribution in [3.63, 3.8) is 0 Å². The molecule has 2 aromatic rings. The first-order chi connectivity index (χ1) is 9.65. The molecule has 5 heteroatoms. The minimum atomic E-state index is -0.705. The van der Waals surface area contributed by atoms with E-state index < -0.39 is 11.7 Å². The predicted octanol–water partition coefficient (Wildman–Crippen LogP) is 3.40. The molecular weight excluding hydrogens is 277 g/mol. The highest BCUT2D eigenvalue weighted by Crippen LogP contribution is 2.33. The van der Waals surface area contributed by atoms with Crippen molar-refractivity contribution in [2.75, 3.05) is 0 Å². The van der Waals surface area contributed by atoms with Crippen LogP contribution >= 0.6 is 11.3 Å². The average Bonchev–Trinajstić information content (AvgIpc) is 2.87. The van der Waals surface area contributed by atoms with Crippen LogP contribution in [0.25, 0.3) is 0 Å². The van der Waals surface area contributed by atoms with Gasteiger partial charge in [0.2, 0.25) is 0 Å². The number of carbonyl (C=O) groups is 1. The quantitative estimate of drug-likeness (QED) is 0.891. The van der Waals surface area contributed by atoms with Crippen molar-refractivity contribution in [1.82, 2.24) is 5.32 Å². The molecular formula is C15H14FNO2S. The van der Waals surface area contributed by atoms with Gasteiger partial charge in [-0.15, -0.1) is 11.3 Å². The summed E-state index contributed by atoms with van der Waals surface area (Å²) in [5, 5.41) is 14.1. The number of halogens is 1. The molecule has 104 valence electrons. The summed E-state index contributed by atoms with van der Waals surface area (Å²) < 4.78 is 13.7. The van der Waals surface area contributed by atoms with Gasteiger partial charge in [-0.05, 0) is 48.4 Å². The third kappa shape index (κ3) is 2.41. The molecule has 1 aromatic carbocycles. The number of benzene rings is 1. The summed E-state index contributed by atoms with van der Waals surface area (Å²) in [6, 6.07) is 5.54. The van der Waals surface area contributed by atoms with Crippen LogP contribution in [0.3, 0.4) is 0 Å². The molecule has 2 N–H and O–H groups in total. The zero-order valence-electron chi connectivity index (χ0n) is 10.7. The molecule has 0 saturated carbocycles. The molecule has 3 rings (SSSR count). The van der Waals surface area contributed by atoms with Gasteiger partial charge in [0.25, 0.3) is 5.91 Å². The molecule has 1 aliphatic carbocycles. The molecule has 0 radical (unpaired) electrons. The van der Waals surface area contributed by atoms with Crippen molar-refractivity contribution in [3.05, 3.63) is 51.5 Å².